The SMILES string of the molecule is C1=CC(c2ccccc2)=CC(=C2c3ccccc3-c3ccccc32)C1. The van der Waals surface area contributed by atoms with Gasteiger partial charge in [-0.15, -0.1) is 0 Å². The average molecular weight is 318 g/mol. The standard InChI is InChI=1S/C25H18/c1-2-9-18(10-3-1)19-11-8-12-20(17-19)25-23-15-6-4-13-21(23)22-14-5-7-16-24(22)25/h1-11,13-17H,12H2. The molecule has 0 heteroatoms. The minimum absolute atomic E-state index is 0.980. The minimum Gasteiger partial charge on any atom is -0.0795 e. The zero-order valence-corrected chi connectivity index (χ0v) is 13.9. The van der Waals surface area contributed by atoms with Gasteiger partial charge in [-0.1, -0.05) is 97.1 Å². The Morgan fingerprint density at radius 1 is 0.560 bits per heavy atom. The third kappa shape index (κ3) is 2.30. The Hall–Kier alpha value is -3.12. The second-order valence-electron chi connectivity index (χ2n) is 6.56. The van der Waals surface area contributed by atoms with E-state index in [0.717, 1.165) is 6.42 Å². The summed E-state index contributed by atoms with van der Waals surface area (Å²) in [6.07, 6.45) is 7.87. The Balaban J connectivity index is 1.75. The maximum Gasteiger partial charge on any atom is -0.00635 e. The third-order valence-electron chi connectivity index (χ3n) is 5.08. The molecule has 0 unspecified atom stereocenters. The first kappa shape index (κ1) is 14.2. The second-order valence-corrected chi connectivity index (χ2v) is 6.56. The lowest BCUT2D eigenvalue weighted by atomic mass is 9.90. The normalized spacial score (nSPS) is 15.0. The van der Waals surface area contributed by atoms with E-state index in [9.17, 15) is 0 Å². The zero-order chi connectivity index (χ0) is 16.6. The third-order valence-corrected chi connectivity index (χ3v) is 5.08. The summed E-state index contributed by atoms with van der Waals surface area (Å²) in [6, 6.07) is 28.2. The van der Waals surface area contributed by atoms with E-state index in [2.05, 4.69) is 97.1 Å². The van der Waals surface area contributed by atoms with Gasteiger partial charge in [0, 0.05) is 0 Å². The van der Waals surface area contributed by atoms with Crippen LogP contribution in [-0.2, 0) is 0 Å². The number of fused-ring (bicyclic) bond motifs is 3. The molecule has 118 valence electrons. The molecule has 3 aromatic rings. The summed E-state index contributed by atoms with van der Waals surface area (Å²) in [7, 11) is 0. The predicted molar refractivity (Wildman–Crippen MR) is 106 cm³/mol. The summed E-state index contributed by atoms with van der Waals surface area (Å²) < 4.78 is 0. The molecule has 0 aliphatic heterocycles. The van der Waals surface area contributed by atoms with Crippen molar-refractivity contribution in [3.05, 3.63) is 119 Å². The van der Waals surface area contributed by atoms with Crippen LogP contribution in [0.25, 0.3) is 22.3 Å². The van der Waals surface area contributed by atoms with Crippen LogP contribution in [0, 0.1) is 0 Å². The highest BCUT2D eigenvalue weighted by Crippen LogP contribution is 2.47. The van der Waals surface area contributed by atoms with Crippen LogP contribution in [-0.4, -0.2) is 0 Å². The fourth-order valence-corrected chi connectivity index (χ4v) is 3.96. The van der Waals surface area contributed by atoms with Gasteiger partial charge in [0.15, 0.2) is 0 Å². The molecule has 0 N–H and O–H groups in total. The lowest BCUT2D eigenvalue weighted by molar-refractivity contribution is 1.27. The summed E-state index contributed by atoms with van der Waals surface area (Å²) >= 11 is 0. The van der Waals surface area contributed by atoms with Crippen molar-refractivity contribution in [2.24, 2.45) is 0 Å². The van der Waals surface area contributed by atoms with Gasteiger partial charge in [-0.3, -0.25) is 0 Å². The molecule has 0 heterocycles. The fraction of sp³-hybridized carbons (Fsp3) is 0.0400. The van der Waals surface area contributed by atoms with Crippen molar-refractivity contribution >= 4 is 11.1 Å². The molecular formula is C25H18. The van der Waals surface area contributed by atoms with E-state index in [1.165, 1.54) is 44.5 Å². The van der Waals surface area contributed by atoms with Crippen molar-refractivity contribution in [2.45, 2.75) is 6.42 Å². The van der Waals surface area contributed by atoms with Gasteiger partial charge in [-0.05, 0) is 51.0 Å². The van der Waals surface area contributed by atoms with E-state index in [0.29, 0.717) is 0 Å². The maximum absolute atomic E-state index is 2.36. The second kappa shape index (κ2) is 5.75. The topological polar surface area (TPSA) is 0 Å². The molecule has 0 saturated heterocycles. The van der Waals surface area contributed by atoms with Gasteiger partial charge >= 0.3 is 0 Å². The molecule has 0 spiro atoms. The van der Waals surface area contributed by atoms with E-state index in [1.807, 2.05) is 0 Å². The highest BCUT2D eigenvalue weighted by atomic mass is 14.3. The van der Waals surface area contributed by atoms with Gasteiger partial charge in [0.05, 0.1) is 0 Å². The molecule has 5 rings (SSSR count). The van der Waals surface area contributed by atoms with Gasteiger partial charge in [0.25, 0.3) is 0 Å². The fourth-order valence-electron chi connectivity index (χ4n) is 3.96. The molecule has 0 radical (unpaired) electrons. The molecule has 0 aromatic heterocycles. The van der Waals surface area contributed by atoms with E-state index in [1.54, 1.807) is 0 Å². The van der Waals surface area contributed by atoms with Crippen LogP contribution in [0.4, 0.5) is 0 Å². The smallest absolute Gasteiger partial charge is 0.00635 e. The highest BCUT2D eigenvalue weighted by molar-refractivity contribution is 6.03. The summed E-state index contributed by atoms with van der Waals surface area (Å²) in [4.78, 5) is 0. The van der Waals surface area contributed by atoms with Crippen LogP contribution >= 0.6 is 0 Å². The van der Waals surface area contributed by atoms with E-state index >= 15 is 0 Å². The summed E-state index contributed by atoms with van der Waals surface area (Å²) in [6.45, 7) is 0. The van der Waals surface area contributed by atoms with Gasteiger partial charge < -0.3 is 0 Å². The Morgan fingerprint density at radius 3 is 1.76 bits per heavy atom. The highest BCUT2D eigenvalue weighted by Gasteiger charge is 2.25. The van der Waals surface area contributed by atoms with Gasteiger partial charge in [-0.2, -0.15) is 0 Å². The first-order chi connectivity index (χ1) is 12.4. The molecule has 0 bridgehead atoms. The van der Waals surface area contributed by atoms with E-state index in [4.69, 9.17) is 0 Å². The van der Waals surface area contributed by atoms with Gasteiger partial charge in [0.2, 0.25) is 0 Å². The van der Waals surface area contributed by atoms with E-state index in [-0.39, 0.29) is 0 Å². The Morgan fingerprint density at radius 2 is 1.12 bits per heavy atom. The Bertz CT molecular complexity index is 999. The van der Waals surface area contributed by atoms with Crippen molar-refractivity contribution in [1.82, 2.24) is 0 Å². The minimum atomic E-state index is 0.980. The molecule has 0 saturated carbocycles. The largest absolute Gasteiger partial charge is 0.0795 e. The predicted octanol–water partition coefficient (Wildman–Crippen LogP) is 6.51. The van der Waals surface area contributed by atoms with Crippen LogP contribution in [0.2, 0.25) is 0 Å². The first-order valence-electron chi connectivity index (χ1n) is 8.78. The first-order valence-corrected chi connectivity index (χ1v) is 8.78. The van der Waals surface area contributed by atoms with Crippen molar-refractivity contribution < 1.29 is 0 Å². The molecule has 25 heavy (non-hydrogen) atoms. The summed E-state index contributed by atoms with van der Waals surface area (Å²) in [5, 5.41) is 0. The number of allylic oxidation sites excluding steroid dienone is 5. The lowest BCUT2D eigenvalue weighted by Gasteiger charge is -2.14. The molecule has 2 aliphatic rings. The van der Waals surface area contributed by atoms with E-state index < -0.39 is 0 Å². The summed E-state index contributed by atoms with van der Waals surface area (Å²) in [5.41, 5.74) is 10.8. The van der Waals surface area contributed by atoms with Crippen LogP contribution in [0.15, 0.2) is 103 Å². The molecule has 0 atom stereocenters. The quantitative estimate of drug-likeness (QED) is 0.375. The summed E-state index contributed by atoms with van der Waals surface area (Å²) in [5.74, 6) is 0. The van der Waals surface area contributed by atoms with Crippen molar-refractivity contribution in [1.29, 1.82) is 0 Å². The number of benzene rings is 3. The Labute approximate surface area is 148 Å². The maximum atomic E-state index is 2.36. The molecule has 3 aromatic carbocycles. The van der Waals surface area contributed by atoms with Crippen LogP contribution in [0.5, 0.6) is 0 Å². The van der Waals surface area contributed by atoms with Crippen LogP contribution < -0.4 is 0 Å². The zero-order valence-electron chi connectivity index (χ0n) is 13.9. The molecule has 0 nitrogen and oxygen atoms in total. The average Bonchev–Trinajstić information content (AvgIpc) is 3.03. The van der Waals surface area contributed by atoms with Crippen molar-refractivity contribution in [3.63, 3.8) is 0 Å². The lowest BCUT2D eigenvalue weighted by Crippen LogP contribution is -1.94. The molecule has 0 amide bonds. The van der Waals surface area contributed by atoms with Crippen molar-refractivity contribution in [3.8, 4) is 11.1 Å². The van der Waals surface area contributed by atoms with Gasteiger partial charge in [0.1, 0.15) is 0 Å². The number of hydrogen-bond acceptors (Lipinski definition) is 0. The molecule has 2 aliphatic carbocycles. The van der Waals surface area contributed by atoms with Crippen molar-refractivity contribution in [2.75, 3.05) is 0 Å². The number of rotatable bonds is 1. The monoisotopic (exact) mass is 318 g/mol. The van der Waals surface area contributed by atoms with Crippen LogP contribution in [0.1, 0.15) is 23.1 Å². The Kier molecular flexibility index (Phi) is 3.28. The number of hydrogen-bond donors (Lipinski definition) is 0. The molecule has 0 fully saturated rings. The molecular weight excluding hydrogens is 300 g/mol. The van der Waals surface area contributed by atoms with Crippen LogP contribution in [0.3, 0.4) is 0 Å². The van der Waals surface area contributed by atoms with Gasteiger partial charge in [-0.25, -0.2) is 0 Å².